The molecule has 0 spiro atoms. The zero-order valence-electron chi connectivity index (χ0n) is 11.0. The molecule has 1 fully saturated rings. The molecule has 8 heteroatoms. The molecule has 8 nitrogen and oxygen atoms in total. The maximum Gasteiger partial charge on any atom is 0.330 e. The first kappa shape index (κ1) is 14.9. The summed E-state index contributed by atoms with van der Waals surface area (Å²) in [6.45, 7) is 0.125. The molecule has 1 aliphatic rings. The van der Waals surface area contributed by atoms with Gasteiger partial charge in [0, 0.05) is 18.2 Å². The standard InChI is InChI=1S/C12H19N3O5/c13-3-1-2-7-5-15(12(19)14-11(7)18)10-4-8(17)9(6-16)20-10/h5,8-10,16-17H,1-4,6,13H2,(H,14,18,19)/t8?,9-,10-/m0/s1. The molecule has 0 aliphatic carbocycles. The van der Waals surface area contributed by atoms with E-state index in [-0.39, 0.29) is 13.0 Å². The van der Waals surface area contributed by atoms with E-state index < -0.39 is 29.7 Å². The largest absolute Gasteiger partial charge is 0.394 e. The van der Waals surface area contributed by atoms with E-state index in [1.807, 2.05) is 0 Å². The molecule has 1 aromatic rings. The molecule has 112 valence electrons. The first-order valence-corrected chi connectivity index (χ1v) is 6.55. The summed E-state index contributed by atoms with van der Waals surface area (Å²) in [7, 11) is 0. The maximum absolute atomic E-state index is 11.8. The van der Waals surface area contributed by atoms with Crippen LogP contribution in [0.5, 0.6) is 0 Å². The van der Waals surface area contributed by atoms with Crippen molar-refractivity contribution in [3.05, 3.63) is 32.6 Å². The molecule has 1 unspecified atom stereocenters. The molecular weight excluding hydrogens is 266 g/mol. The molecular formula is C12H19N3O5. The summed E-state index contributed by atoms with van der Waals surface area (Å²) in [5, 5.41) is 18.7. The average molecular weight is 285 g/mol. The highest BCUT2D eigenvalue weighted by Gasteiger charge is 2.35. The molecule has 2 rings (SSSR count). The SMILES string of the molecule is NCCCc1cn([C@@H]2CC(O)[C@H](CO)O2)c(=O)[nH]c1=O. The molecule has 1 aliphatic heterocycles. The first-order valence-electron chi connectivity index (χ1n) is 6.55. The molecule has 1 aromatic heterocycles. The molecule has 0 amide bonds. The summed E-state index contributed by atoms with van der Waals surface area (Å²) in [5.74, 6) is 0. The number of ether oxygens (including phenoxy) is 1. The zero-order valence-corrected chi connectivity index (χ0v) is 11.0. The van der Waals surface area contributed by atoms with Gasteiger partial charge in [0.25, 0.3) is 5.56 Å². The van der Waals surface area contributed by atoms with Crippen molar-refractivity contribution in [3.8, 4) is 0 Å². The normalized spacial score (nSPS) is 26.1. The van der Waals surface area contributed by atoms with E-state index in [1.165, 1.54) is 10.8 Å². The number of nitrogens with two attached hydrogens (primary N) is 1. The number of H-pyrrole nitrogens is 1. The Morgan fingerprint density at radius 3 is 2.85 bits per heavy atom. The Labute approximate surface area is 114 Å². The van der Waals surface area contributed by atoms with Gasteiger partial charge in [-0.25, -0.2) is 4.79 Å². The fourth-order valence-electron chi connectivity index (χ4n) is 2.26. The lowest BCUT2D eigenvalue weighted by Gasteiger charge is -2.15. The Kier molecular flexibility index (Phi) is 4.71. The highest BCUT2D eigenvalue weighted by molar-refractivity contribution is 5.05. The van der Waals surface area contributed by atoms with Gasteiger partial charge >= 0.3 is 5.69 Å². The van der Waals surface area contributed by atoms with E-state index in [0.717, 1.165) is 0 Å². The minimum atomic E-state index is -0.837. The number of aryl methyl sites for hydroxylation is 1. The van der Waals surface area contributed by atoms with Gasteiger partial charge in [-0.1, -0.05) is 0 Å². The fraction of sp³-hybridized carbons (Fsp3) is 0.667. The number of rotatable bonds is 5. The van der Waals surface area contributed by atoms with Crippen LogP contribution in [-0.4, -0.2) is 45.1 Å². The van der Waals surface area contributed by atoms with Gasteiger partial charge in [0.2, 0.25) is 0 Å². The first-order chi connectivity index (χ1) is 9.56. The van der Waals surface area contributed by atoms with Crippen LogP contribution < -0.4 is 17.0 Å². The van der Waals surface area contributed by atoms with Gasteiger partial charge in [-0.3, -0.25) is 14.3 Å². The maximum atomic E-state index is 11.8. The number of aliphatic hydroxyl groups excluding tert-OH is 2. The highest BCUT2D eigenvalue weighted by Crippen LogP contribution is 2.27. The third-order valence-corrected chi connectivity index (χ3v) is 3.39. The molecule has 3 atom stereocenters. The van der Waals surface area contributed by atoms with Crippen molar-refractivity contribution < 1.29 is 14.9 Å². The second kappa shape index (κ2) is 6.31. The van der Waals surface area contributed by atoms with Crippen molar-refractivity contribution in [2.45, 2.75) is 37.7 Å². The number of aliphatic hydroxyl groups is 2. The Hall–Kier alpha value is -1.48. The lowest BCUT2D eigenvalue weighted by Crippen LogP contribution is -2.34. The summed E-state index contributed by atoms with van der Waals surface area (Å²) < 4.78 is 6.65. The van der Waals surface area contributed by atoms with Crippen LogP contribution in [-0.2, 0) is 11.2 Å². The second-order valence-corrected chi connectivity index (χ2v) is 4.83. The minimum Gasteiger partial charge on any atom is -0.394 e. The molecule has 0 radical (unpaired) electrons. The predicted octanol–water partition coefficient (Wildman–Crippen LogP) is -1.93. The van der Waals surface area contributed by atoms with E-state index in [9.17, 15) is 14.7 Å². The molecule has 5 N–H and O–H groups in total. The fourth-order valence-corrected chi connectivity index (χ4v) is 2.26. The predicted molar refractivity (Wildman–Crippen MR) is 70.3 cm³/mol. The van der Waals surface area contributed by atoms with Crippen LogP contribution in [0.25, 0.3) is 0 Å². The van der Waals surface area contributed by atoms with Crippen LogP contribution in [0.3, 0.4) is 0 Å². The van der Waals surface area contributed by atoms with Gasteiger partial charge in [0.1, 0.15) is 12.3 Å². The van der Waals surface area contributed by atoms with Crippen LogP contribution in [0.1, 0.15) is 24.6 Å². The summed E-state index contributed by atoms with van der Waals surface area (Å²) in [4.78, 5) is 25.7. The highest BCUT2D eigenvalue weighted by atomic mass is 16.5. The topological polar surface area (TPSA) is 131 Å². The van der Waals surface area contributed by atoms with E-state index in [4.69, 9.17) is 15.6 Å². The minimum absolute atomic E-state index is 0.188. The third kappa shape index (κ3) is 2.98. The Bertz CT molecular complexity index is 567. The quantitative estimate of drug-likeness (QED) is 0.498. The van der Waals surface area contributed by atoms with Gasteiger partial charge in [-0.2, -0.15) is 0 Å². The van der Waals surface area contributed by atoms with Crippen molar-refractivity contribution in [3.63, 3.8) is 0 Å². The van der Waals surface area contributed by atoms with Crippen LogP contribution in [0, 0.1) is 0 Å². The zero-order chi connectivity index (χ0) is 14.7. The van der Waals surface area contributed by atoms with Crippen LogP contribution in [0.4, 0.5) is 0 Å². The monoisotopic (exact) mass is 285 g/mol. The molecule has 0 bridgehead atoms. The van der Waals surface area contributed by atoms with E-state index >= 15 is 0 Å². The number of hydrogen-bond acceptors (Lipinski definition) is 6. The molecule has 2 heterocycles. The number of nitrogens with one attached hydrogen (secondary N) is 1. The molecule has 0 aromatic carbocycles. The van der Waals surface area contributed by atoms with Crippen LogP contribution in [0.15, 0.2) is 15.8 Å². The number of nitrogens with zero attached hydrogens (tertiary/aromatic N) is 1. The van der Waals surface area contributed by atoms with E-state index in [0.29, 0.717) is 24.9 Å². The number of aromatic nitrogens is 2. The Morgan fingerprint density at radius 2 is 2.25 bits per heavy atom. The van der Waals surface area contributed by atoms with Crippen LogP contribution >= 0.6 is 0 Å². The summed E-state index contributed by atoms with van der Waals surface area (Å²) in [5.41, 5.74) is 4.82. The average Bonchev–Trinajstić information content (AvgIpc) is 2.79. The number of hydrogen-bond donors (Lipinski definition) is 4. The van der Waals surface area contributed by atoms with Gasteiger partial charge in [-0.05, 0) is 19.4 Å². The summed E-state index contributed by atoms with van der Waals surface area (Å²) in [6.07, 6.45) is 0.479. The van der Waals surface area contributed by atoms with Crippen LogP contribution in [0.2, 0.25) is 0 Å². The molecule has 1 saturated heterocycles. The van der Waals surface area contributed by atoms with Crippen molar-refractivity contribution in [2.24, 2.45) is 5.73 Å². The van der Waals surface area contributed by atoms with Crippen molar-refractivity contribution in [2.75, 3.05) is 13.2 Å². The van der Waals surface area contributed by atoms with E-state index in [2.05, 4.69) is 4.98 Å². The second-order valence-electron chi connectivity index (χ2n) is 4.83. The lowest BCUT2D eigenvalue weighted by molar-refractivity contribution is -0.0460. The number of aromatic amines is 1. The van der Waals surface area contributed by atoms with Gasteiger partial charge in [-0.15, -0.1) is 0 Å². The van der Waals surface area contributed by atoms with Gasteiger partial charge < -0.3 is 20.7 Å². The lowest BCUT2D eigenvalue weighted by atomic mass is 10.1. The van der Waals surface area contributed by atoms with E-state index in [1.54, 1.807) is 0 Å². The van der Waals surface area contributed by atoms with Gasteiger partial charge in [0.05, 0.1) is 12.7 Å². The van der Waals surface area contributed by atoms with Crippen molar-refractivity contribution >= 4 is 0 Å². The summed E-state index contributed by atoms with van der Waals surface area (Å²) in [6, 6.07) is 0. The third-order valence-electron chi connectivity index (χ3n) is 3.39. The Morgan fingerprint density at radius 1 is 1.50 bits per heavy atom. The molecule has 0 saturated carbocycles. The van der Waals surface area contributed by atoms with Crippen molar-refractivity contribution in [1.82, 2.24) is 9.55 Å². The smallest absolute Gasteiger partial charge is 0.330 e. The van der Waals surface area contributed by atoms with Gasteiger partial charge in [0.15, 0.2) is 0 Å². The Balaban J connectivity index is 2.28. The van der Waals surface area contributed by atoms with Crippen molar-refractivity contribution in [1.29, 1.82) is 0 Å². The summed E-state index contributed by atoms with van der Waals surface area (Å²) >= 11 is 0. The molecule has 20 heavy (non-hydrogen) atoms.